The third-order valence-corrected chi connectivity index (χ3v) is 10.7. The fraction of sp³-hybridized carbons (Fsp3) is 0.132. The molecule has 0 bridgehead atoms. The highest BCUT2D eigenvalue weighted by Crippen LogP contribution is 2.50. The standard InChI is InChI=1S/C46H40N2.C7H8/c1-31-23-24-36(27-39(31)40-28-41-38-21-12-13-22-42(38)46(3,4)43(41)25-32(40)2)35-19-14-20-37(26-35)44(47-5)29-45(34-17-10-7-11-18-34)48-30-33-15-8-6-9-16-33;1-7-5-3-2-4-6-7/h6-29H,5,30H2,1-4H3;2-6H,1H3/b44-29-,48-45?;. The lowest BCUT2D eigenvalue weighted by atomic mass is 9.81. The fourth-order valence-corrected chi connectivity index (χ4v) is 7.57. The lowest BCUT2D eigenvalue weighted by Crippen LogP contribution is -2.15. The van der Waals surface area contributed by atoms with Crippen molar-refractivity contribution in [1.82, 2.24) is 0 Å². The number of aliphatic imine (C=N–C) groups is 2. The molecule has 0 unspecified atom stereocenters. The van der Waals surface area contributed by atoms with Gasteiger partial charge in [0.05, 0.1) is 18.0 Å². The van der Waals surface area contributed by atoms with E-state index in [1.54, 1.807) is 0 Å². The first-order valence-corrected chi connectivity index (χ1v) is 19.0. The second-order valence-electron chi connectivity index (χ2n) is 14.9. The second-order valence-corrected chi connectivity index (χ2v) is 14.9. The van der Waals surface area contributed by atoms with Crippen LogP contribution in [0.1, 0.15) is 58.4 Å². The molecule has 0 spiro atoms. The highest BCUT2D eigenvalue weighted by atomic mass is 14.8. The Balaban J connectivity index is 0.000000599. The molecule has 1 aliphatic rings. The van der Waals surface area contributed by atoms with E-state index in [1.165, 1.54) is 55.6 Å². The number of hydrogen-bond acceptors (Lipinski definition) is 2. The molecule has 0 atom stereocenters. The highest BCUT2D eigenvalue weighted by Gasteiger charge is 2.35. The first kappa shape index (κ1) is 37.0. The van der Waals surface area contributed by atoms with Crippen molar-refractivity contribution in [3.05, 3.63) is 220 Å². The molecule has 2 heteroatoms. The minimum absolute atomic E-state index is 0.0103. The van der Waals surface area contributed by atoms with Crippen LogP contribution in [0.3, 0.4) is 0 Å². The molecule has 270 valence electrons. The normalized spacial score (nSPS) is 13.0. The Morgan fingerprint density at radius 2 is 1.15 bits per heavy atom. The van der Waals surface area contributed by atoms with Gasteiger partial charge < -0.3 is 0 Å². The summed E-state index contributed by atoms with van der Waals surface area (Å²) >= 11 is 0. The van der Waals surface area contributed by atoms with Gasteiger partial charge in [-0.3, -0.25) is 9.98 Å². The van der Waals surface area contributed by atoms with E-state index in [1.807, 2.05) is 54.6 Å². The molecule has 0 fully saturated rings. The van der Waals surface area contributed by atoms with Crippen molar-refractivity contribution in [3.8, 4) is 33.4 Å². The van der Waals surface area contributed by atoms with Crippen LogP contribution in [0.15, 0.2) is 186 Å². The molecule has 0 aliphatic heterocycles. The minimum Gasteiger partial charge on any atom is -0.280 e. The second kappa shape index (κ2) is 16.3. The third kappa shape index (κ3) is 8.10. The minimum atomic E-state index is -0.0103. The van der Waals surface area contributed by atoms with Gasteiger partial charge in [-0.1, -0.05) is 171 Å². The Morgan fingerprint density at radius 1 is 0.527 bits per heavy atom. The number of hydrogen-bond donors (Lipinski definition) is 0. The third-order valence-electron chi connectivity index (χ3n) is 10.7. The predicted octanol–water partition coefficient (Wildman–Crippen LogP) is 13.7. The summed E-state index contributed by atoms with van der Waals surface area (Å²) in [5.41, 5.74) is 19.1. The summed E-state index contributed by atoms with van der Waals surface area (Å²) in [4.78, 5) is 9.52. The molecule has 7 aromatic carbocycles. The Labute approximate surface area is 327 Å². The average Bonchev–Trinajstić information content (AvgIpc) is 3.44. The average molecular weight is 713 g/mol. The van der Waals surface area contributed by atoms with Gasteiger partial charge in [-0.2, -0.15) is 0 Å². The Bertz CT molecular complexity index is 2500. The summed E-state index contributed by atoms with van der Waals surface area (Å²) in [5, 5.41) is 0. The van der Waals surface area contributed by atoms with Crippen LogP contribution in [0.2, 0.25) is 0 Å². The summed E-state index contributed by atoms with van der Waals surface area (Å²) in [6, 6.07) is 60.0. The zero-order chi connectivity index (χ0) is 38.4. The number of fused-ring (bicyclic) bond motifs is 3. The van der Waals surface area contributed by atoms with E-state index in [9.17, 15) is 0 Å². The van der Waals surface area contributed by atoms with Crippen molar-refractivity contribution < 1.29 is 0 Å². The SMILES string of the molecule is C=N/C(=C\C(=NCc1ccccc1)c1ccccc1)c1cccc(-c2ccc(C)c(-c3cc4c(cc3C)C(C)(C)c3ccccc3-4)c2)c1.Cc1ccccc1. The van der Waals surface area contributed by atoms with Gasteiger partial charge in [0.25, 0.3) is 0 Å². The van der Waals surface area contributed by atoms with Crippen molar-refractivity contribution in [1.29, 1.82) is 0 Å². The molecule has 2 nitrogen and oxygen atoms in total. The Hall–Kier alpha value is -6.38. The van der Waals surface area contributed by atoms with Crippen LogP contribution >= 0.6 is 0 Å². The van der Waals surface area contributed by atoms with Gasteiger partial charge in [-0.15, -0.1) is 0 Å². The van der Waals surface area contributed by atoms with Crippen LogP contribution in [0.5, 0.6) is 0 Å². The molecule has 0 saturated heterocycles. The summed E-state index contributed by atoms with van der Waals surface area (Å²) in [5.74, 6) is 0. The number of rotatable bonds is 8. The monoisotopic (exact) mass is 712 g/mol. The van der Waals surface area contributed by atoms with E-state index in [0.717, 1.165) is 33.7 Å². The number of allylic oxidation sites excluding steroid dienone is 1. The first-order chi connectivity index (χ1) is 26.7. The maximum absolute atomic E-state index is 5.02. The zero-order valence-electron chi connectivity index (χ0n) is 32.6. The topological polar surface area (TPSA) is 24.7 Å². The van der Waals surface area contributed by atoms with E-state index in [4.69, 9.17) is 4.99 Å². The molecule has 0 amide bonds. The summed E-state index contributed by atoms with van der Waals surface area (Å²) < 4.78 is 0. The van der Waals surface area contributed by atoms with Crippen LogP contribution in [0.25, 0.3) is 39.1 Å². The van der Waals surface area contributed by atoms with Gasteiger partial charge in [-0.25, -0.2) is 0 Å². The highest BCUT2D eigenvalue weighted by molar-refractivity contribution is 6.12. The zero-order valence-corrected chi connectivity index (χ0v) is 32.6. The Morgan fingerprint density at radius 3 is 1.84 bits per heavy atom. The molecule has 0 heterocycles. The van der Waals surface area contributed by atoms with Crippen LogP contribution in [0.4, 0.5) is 0 Å². The maximum Gasteiger partial charge on any atom is 0.0716 e. The summed E-state index contributed by atoms with van der Waals surface area (Å²) in [7, 11) is 0. The molecule has 0 aromatic heterocycles. The van der Waals surface area contributed by atoms with Crippen LogP contribution in [-0.4, -0.2) is 12.4 Å². The maximum atomic E-state index is 5.02. The van der Waals surface area contributed by atoms with Crippen LogP contribution in [-0.2, 0) is 12.0 Å². The van der Waals surface area contributed by atoms with Crippen molar-refractivity contribution in [2.75, 3.05) is 0 Å². The molecule has 55 heavy (non-hydrogen) atoms. The number of nitrogens with zero attached hydrogens (tertiary/aromatic N) is 2. The van der Waals surface area contributed by atoms with Crippen LogP contribution < -0.4 is 0 Å². The molecule has 0 N–H and O–H groups in total. The van der Waals surface area contributed by atoms with E-state index in [2.05, 4.69) is 168 Å². The summed E-state index contributed by atoms with van der Waals surface area (Å²) in [6.45, 7) is 15.8. The van der Waals surface area contributed by atoms with Gasteiger partial charge in [0.2, 0.25) is 0 Å². The van der Waals surface area contributed by atoms with Crippen molar-refractivity contribution in [2.24, 2.45) is 9.98 Å². The van der Waals surface area contributed by atoms with Crippen molar-refractivity contribution >= 4 is 18.1 Å². The van der Waals surface area contributed by atoms with Gasteiger partial charge >= 0.3 is 0 Å². The van der Waals surface area contributed by atoms with Gasteiger partial charge in [-0.05, 0) is 119 Å². The quantitative estimate of drug-likeness (QED) is 0.140. The van der Waals surface area contributed by atoms with Crippen molar-refractivity contribution in [2.45, 2.75) is 46.6 Å². The van der Waals surface area contributed by atoms with E-state index in [-0.39, 0.29) is 5.41 Å². The molecule has 0 radical (unpaired) electrons. The van der Waals surface area contributed by atoms with Crippen LogP contribution in [0, 0.1) is 20.8 Å². The summed E-state index contributed by atoms with van der Waals surface area (Å²) in [6.07, 6.45) is 2.05. The molecule has 8 rings (SSSR count). The first-order valence-electron chi connectivity index (χ1n) is 19.0. The lowest BCUT2D eigenvalue weighted by Gasteiger charge is -2.22. The Kier molecular flexibility index (Phi) is 11.0. The molecule has 0 saturated carbocycles. The van der Waals surface area contributed by atoms with E-state index < -0.39 is 0 Å². The smallest absolute Gasteiger partial charge is 0.0716 e. The predicted molar refractivity (Wildman–Crippen MR) is 236 cm³/mol. The van der Waals surface area contributed by atoms with Gasteiger partial charge in [0.1, 0.15) is 0 Å². The molecular formula is C53H48N2. The molecule has 1 aliphatic carbocycles. The number of benzene rings is 7. The number of aryl methyl sites for hydroxylation is 3. The largest absolute Gasteiger partial charge is 0.280 e. The lowest BCUT2D eigenvalue weighted by molar-refractivity contribution is 0.660. The van der Waals surface area contributed by atoms with E-state index in [0.29, 0.717) is 6.54 Å². The van der Waals surface area contributed by atoms with Gasteiger partial charge in [0, 0.05) is 11.0 Å². The van der Waals surface area contributed by atoms with Crippen molar-refractivity contribution in [3.63, 3.8) is 0 Å². The molecule has 7 aromatic rings. The van der Waals surface area contributed by atoms with E-state index >= 15 is 0 Å². The molecular weight excluding hydrogens is 665 g/mol. The fourth-order valence-electron chi connectivity index (χ4n) is 7.57. The van der Waals surface area contributed by atoms with Gasteiger partial charge in [0.15, 0.2) is 0 Å².